The minimum absolute atomic E-state index is 0.288. The first-order valence-corrected chi connectivity index (χ1v) is 8.64. The Bertz CT molecular complexity index is 592. The highest BCUT2D eigenvalue weighted by Crippen LogP contribution is 2.30. The minimum Gasteiger partial charge on any atom is -0.248 e. The highest BCUT2D eigenvalue weighted by atomic mass is 79.9. The predicted octanol–water partition coefficient (Wildman–Crippen LogP) is 2.79. The van der Waals surface area contributed by atoms with Crippen LogP contribution in [0.2, 0.25) is 0 Å². The molecule has 0 aliphatic heterocycles. The van der Waals surface area contributed by atoms with Gasteiger partial charge in [0, 0.05) is 16.9 Å². The van der Waals surface area contributed by atoms with Gasteiger partial charge in [0.05, 0.1) is 17.7 Å². The first kappa shape index (κ1) is 13.2. The third kappa shape index (κ3) is 2.76. The molecule has 2 aromatic rings. The Balaban J connectivity index is 2.25. The molecule has 92 valence electrons. The van der Waals surface area contributed by atoms with Gasteiger partial charge in [-0.15, -0.1) is 22.7 Å². The quantitative estimate of drug-likeness (QED) is 0.849. The Morgan fingerprint density at radius 3 is 2.82 bits per heavy atom. The lowest BCUT2D eigenvalue weighted by Gasteiger charge is -2.14. The highest BCUT2D eigenvalue weighted by Gasteiger charge is 2.25. The van der Waals surface area contributed by atoms with E-state index in [2.05, 4.69) is 20.9 Å². The van der Waals surface area contributed by atoms with Crippen molar-refractivity contribution in [1.82, 2.24) is 9.29 Å². The van der Waals surface area contributed by atoms with Gasteiger partial charge in [-0.05, 0) is 27.4 Å². The summed E-state index contributed by atoms with van der Waals surface area (Å²) in [6, 6.07) is 1.73. The van der Waals surface area contributed by atoms with E-state index in [4.69, 9.17) is 0 Å². The lowest BCUT2D eigenvalue weighted by atomic mass is 10.5. The van der Waals surface area contributed by atoms with Crippen LogP contribution in [0.25, 0.3) is 0 Å². The van der Waals surface area contributed by atoms with E-state index in [0.717, 1.165) is 5.69 Å². The SMILES string of the molecule is CN(Cc1cscn1)S(=O)(=O)c1sccc1Br. The number of thiazole rings is 1. The third-order valence-corrected chi connectivity index (χ3v) is 7.18. The predicted molar refractivity (Wildman–Crippen MR) is 72.8 cm³/mol. The van der Waals surface area contributed by atoms with E-state index >= 15 is 0 Å². The summed E-state index contributed by atoms with van der Waals surface area (Å²) in [5, 5.41) is 3.59. The zero-order valence-corrected chi connectivity index (χ0v) is 12.9. The molecule has 2 aromatic heterocycles. The van der Waals surface area contributed by atoms with Gasteiger partial charge in [-0.2, -0.15) is 4.31 Å². The average Bonchev–Trinajstić information content (AvgIpc) is 2.89. The van der Waals surface area contributed by atoms with Crippen LogP contribution in [0.4, 0.5) is 0 Å². The largest absolute Gasteiger partial charge is 0.253 e. The molecule has 0 atom stereocenters. The molecule has 0 amide bonds. The maximum atomic E-state index is 12.2. The van der Waals surface area contributed by atoms with Crippen molar-refractivity contribution in [3.8, 4) is 0 Å². The fourth-order valence-electron chi connectivity index (χ4n) is 1.23. The summed E-state index contributed by atoms with van der Waals surface area (Å²) in [5.41, 5.74) is 2.45. The van der Waals surface area contributed by atoms with Gasteiger partial charge in [-0.1, -0.05) is 0 Å². The molecule has 0 aromatic carbocycles. The van der Waals surface area contributed by atoms with Crippen LogP contribution < -0.4 is 0 Å². The van der Waals surface area contributed by atoms with Gasteiger partial charge in [0.2, 0.25) is 0 Å². The van der Waals surface area contributed by atoms with Crippen molar-refractivity contribution in [3.63, 3.8) is 0 Å². The molecule has 17 heavy (non-hydrogen) atoms. The minimum atomic E-state index is -3.43. The molecule has 0 bridgehead atoms. The van der Waals surface area contributed by atoms with Gasteiger partial charge in [0.25, 0.3) is 10.0 Å². The number of halogens is 1. The zero-order valence-electron chi connectivity index (χ0n) is 8.83. The van der Waals surface area contributed by atoms with Crippen LogP contribution in [0, 0.1) is 0 Å². The lowest BCUT2D eigenvalue weighted by Crippen LogP contribution is -2.26. The van der Waals surface area contributed by atoms with Gasteiger partial charge >= 0.3 is 0 Å². The smallest absolute Gasteiger partial charge is 0.248 e. The Hall–Kier alpha value is -0.280. The summed E-state index contributed by atoms with van der Waals surface area (Å²) in [6.45, 7) is 0.288. The number of hydrogen-bond acceptors (Lipinski definition) is 5. The second-order valence-corrected chi connectivity index (χ2v) is 8.03. The Morgan fingerprint density at radius 2 is 2.29 bits per heavy atom. The van der Waals surface area contributed by atoms with Crippen molar-refractivity contribution in [3.05, 3.63) is 32.5 Å². The molecule has 8 heteroatoms. The molecule has 0 spiro atoms. The monoisotopic (exact) mass is 352 g/mol. The van der Waals surface area contributed by atoms with Crippen molar-refractivity contribution < 1.29 is 8.42 Å². The molecule has 0 saturated heterocycles. The van der Waals surface area contributed by atoms with E-state index in [1.807, 2.05) is 5.38 Å². The summed E-state index contributed by atoms with van der Waals surface area (Å²) in [6.07, 6.45) is 0. The number of aromatic nitrogens is 1. The lowest BCUT2D eigenvalue weighted by molar-refractivity contribution is 0.464. The molecule has 0 aliphatic carbocycles. The molecule has 0 saturated carbocycles. The van der Waals surface area contributed by atoms with E-state index < -0.39 is 10.0 Å². The van der Waals surface area contributed by atoms with Crippen LogP contribution in [0.1, 0.15) is 5.69 Å². The van der Waals surface area contributed by atoms with Crippen molar-refractivity contribution in [2.75, 3.05) is 7.05 Å². The van der Waals surface area contributed by atoms with E-state index in [1.165, 1.54) is 27.0 Å². The van der Waals surface area contributed by atoms with Gasteiger partial charge < -0.3 is 0 Å². The van der Waals surface area contributed by atoms with Crippen LogP contribution in [-0.4, -0.2) is 24.8 Å². The maximum absolute atomic E-state index is 12.2. The molecule has 0 unspecified atom stereocenters. The summed E-state index contributed by atoms with van der Waals surface area (Å²) in [7, 11) is -1.88. The maximum Gasteiger partial charge on any atom is 0.253 e. The molecule has 0 N–H and O–H groups in total. The number of sulfonamides is 1. The first-order valence-electron chi connectivity index (χ1n) is 4.58. The Morgan fingerprint density at radius 1 is 1.53 bits per heavy atom. The summed E-state index contributed by atoms with van der Waals surface area (Å²) >= 11 is 5.90. The number of nitrogens with zero attached hydrogens (tertiary/aromatic N) is 2. The molecular formula is C9H9BrN2O2S3. The second-order valence-electron chi connectivity index (χ2n) is 3.30. The van der Waals surface area contributed by atoms with E-state index in [1.54, 1.807) is 24.0 Å². The fraction of sp³-hybridized carbons (Fsp3) is 0.222. The Kier molecular flexibility index (Phi) is 3.99. The number of hydrogen-bond donors (Lipinski definition) is 0. The summed E-state index contributed by atoms with van der Waals surface area (Å²) in [5.74, 6) is 0. The fourth-order valence-corrected chi connectivity index (χ4v) is 5.43. The van der Waals surface area contributed by atoms with E-state index in [-0.39, 0.29) is 6.54 Å². The van der Waals surface area contributed by atoms with Crippen LogP contribution in [0.3, 0.4) is 0 Å². The summed E-state index contributed by atoms with van der Waals surface area (Å²) < 4.78 is 26.7. The molecule has 2 rings (SSSR count). The molecule has 2 heterocycles. The molecule has 0 radical (unpaired) electrons. The zero-order chi connectivity index (χ0) is 12.5. The van der Waals surface area contributed by atoms with E-state index in [9.17, 15) is 8.42 Å². The topological polar surface area (TPSA) is 50.3 Å². The standard InChI is InChI=1S/C9H9BrN2O2S3/c1-12(4-7-5-15-6-11-7)17(13,14)9-8(10)2-3-16-9/h2-3,5-6H,4H2,1H3. The van der Waals surface area contributed by atoms with Crippen molar-refractivity contribution in [2.24, 2.45) is 0 Å². The van der Waals surface area contributed by atoms with Crippen molar-refractivity contribution in [2.45, 2.75) is 10.8 Å². The highest BCUT2D eigenvalue weighted by molar-refractivity contribution is 9.10. The summed E-state index contributed by atoms with van der Waals surface area (Å²) in [4.78, 5) is 4.08. The second kappa shape index (κ2) is 5.15. The van der Waals surface area contributed by atoms with Crippen LogP contribution in [-0.2, 0) is 16.6 Å². The van der Waals surface area contributed by atoms with Crippen LogP contribution >= 0.6 is 38.6 Å². The molecule has 0 fully saturated rings. The number of rotatable bonds is 4. The van der Waals surface area contributed by atoms with E-state index in [0.29, 0.717) is 8.68 Å². The molecule has 4 nitrogen and oxygen atoms in total. The molecule has 0 aliphatic rings. The average molecular weight is 353 g/mol. The van der Waals surface area contributed by atoms with Crippen LogP contribution in [0.15, 0.2) is 31.0 Å². The van der Waals surface area contributed by atoms with Gasteiger partial charge in [0.15, 0.2) is 0 Å². The molecular weight excluding hydrogens is 344 g/mol. The van der Waals surface area contributed by atoms with Gasteiger partial charge in [-0.3, -0.25) is 0 Å². The first-order chi connectivity index (χ1) is 8.01. The third-order valence-electron chi connectivity index (χ3n) is 2.10. The van der Waals surface area contributed by atoms with Crippen molar-refractivity contribution >= 4 is 48.6 Å². The van der Waals surface area contributed by atoms with Gasteiger partial charge in [-0.25, -0.2) is 13.4 Å². The normalized spacial score (nSPS) is 12.2. The van der Waals surface area contributed by atoms with Crippen LogP contribution in [0.5, 0.6) is 0 Å². The van der Waals surface area contributed by atoms with Crippen molar-refractivity contribution in [1.29, 1.82) is 0 Å². The Labute approximate surface area is 116 Å². The van der Waals surface area contributed by atoms with Gasteiger partial charge in [0.1, 0.15) is 4.21 Å². The number of thiophene rings is 1.